The first-order valence-corrected chi connectivity index (χ1v) is 7.89. The van der Waals surface area contributed by atoms with Crippen LogP contribution in [0.5, 0.6) is 0 Å². The number of hydrogen-bond acceptors (Lipinski definition) is 4. The van der Waals surface area contributed by atoms with Gasteiger partial charge in [-0.1, -0.05) is 0 Å². The lowest BCUT2D eigenvalue weighted by Gasteiger charge is -2.26. The highest BCUT2D eigenvalue weighted by atomic mass is 32.2. The van der Waals surface area contributed by atoms with Crippen molar-refractivity contribution in [1.29, 1.82) is 0 Å². The van der Waals surface area contributed by atoms with Gasteiger partial charge in [-0.15, -0.1) is 11.3 Å². The number of sulfonamides is 1. The number of aryl methyl sites for hydroxylation is 1. The molecule has 0 atom stereocenters. The van der Waals surface area contributed by atoms with Crippen LogP contribution in [0.15, 0.2) is 28.7 Å². The maximum atomic E-state index is 12.4. The van der Waals surface area contributed by atoms with Gasteiger partial charge in [-0.3, -0.25) is 0 Å². The molecule has 7 heteroatoms. The molecule has 0 spiro atoms. The van der Waals surface area contributed by atoms with Crippen LogP contribution in [0.25, 0.3) is 0 Å². The SMILES string of the molecule is Cc1ccc(S(=O)(=O)N2CCn3ccnc3C2)s1. The molecule has 96 valence electrons. The molecule has 2 aromatic heterocycles. The zero-order valence-electron chi connectivity index (χ0n) is 9.91. The van der Waals surface area contributed by atoms with Crippen LogP contribution in [0, 0.1) is 6.92 Å². The normalized spacial score (nSPS) is 16.7. The smallest absolute Gasteiger partial charge is 0.253 e. The Kier molecular flexibility index (Phi) is 2.76. The minimum Gasteiger partial charge on any atom is -0.333 e. The van der Waals surface area contributed by atoms with Gasteiger partial charge < -0.3 is 4.57 Å². The molecule has 1 aliphatic heterocycles. The molecule has 0 unspecified atom stereocenters. The zero-order chi connectivity index (χ0) is 12.8. The number of imidazole rings is 1. The van der Waals surface area contributed by atoms with Crippen LogP contribution in [0.1, 0.15) is 10.7 Å². The Balaban J connectivity index is 1.92. The fraction of sp³-hybridized carbons (Fsp3) is 0.364. The lowest BCUT2D eigenvalue weighted by atomic mass is 10.4. The fourth-order valence-electron chi connectivity index (χ4n) is 2.03. The van der Waals surface area contributed by atoms with E-state index < -0.39 is 10.0 Å². The molecule has 0 aliphatic carbocycles. The van der Waals surface area contributed by atoms with Crippen LogP contribution in [0.4, 0.5) is 0 Å². The van der Waals surface area contributed by atoms with Crippen molar-refractivity contribution in [2.45, 2.75) is 24.2 Å². The number of fused-ring (bicyclic) bond motifs is 1. The van der Waals surface area contributed by atoms with Crippen molar-refractivity contribution in [3.05, 3.63) is 35.2 Å². The van der Waals surface area contributed by atoms with Gasteiger partial charge in [0.05, 0.1) is 6.54 Å². The van der Waals surface area contributed by atoms with E-state index in [-0.39, 0.29) is 0 Å². The average molecular weight is 283 g/mol. The van der Waals surface area contributed by atoms with Crippen LogP contribution in [-0.2, 0) is 23.1 Å². The molecule has 2 aromatic rings. The third-order valence-corrected chi connectivity index (χ3v) is 6.33. The topological polar surface area (TPSA) is 55.2 Å². The molecule has 18 heavy (non-hydrogen) atoms. The summed E-state index contributed by atoms with van der Waals surface area (Å²) in [7, 11) is -3.36. The maximum Gasteiger partial charge on any atom is 0.253 e. The Morgan fingerprint density at radius 2 is 2.17 bits per heavy atom. The molecular weight excluding hydrogens is 270 g/mol. The molecule has 0 aromatic carbocycles. The average Bonchev–Trinajstić information content (AvgIpc) is 2.96. The molecule has 0 N–H and O–H groups in total. The number of nitrogens with zero attached hydrogens (tertiary/aromatic N) is 3. The first-order valence-electron chi connectivity index (χ1n) is 5.64. The number of rotatable bonds is 2. The van der Waals surface area contributed by atoms with Gasteiger partial charge in [-0.05, 0) is 19.1 Å². The van der Waals surface area contributed by atoms with Crippen LogP contribution in [0.2, 0.25) is 0 Å². The quantitative estimate of drug-likeness (QED) is 0.838. The first kappa shape index (κ1) is 11.9. The van der Waals surface area contributed by atoms with E-state index in [2.05, 4.69) is 4.98 Å². The van der Waals surface area contributed by atoms with Gasteiger partial charge in [0, 0.05) is 30.4 Å². The summed E-state index contributed by atoms with van der Waals surface area (Å²) in [6, 6.07) is 3.51. The summed E-state index contributed by atoms with van der Waals surface area (Å²) in [4.78, 5) is 5.19. The monoisotopic (exact) mass is 283 g/mol. The lowest BCUT2D eigenvalue weighted by Crippen LogP contribution is -2.37. The molecule has 0 saturated carbocycles. The predicted octanol–water partition coefficient (Wildman–Crippen LogP) is 1.46. The Morgan fingerprint density at radius 3 is 2.89 bits per heavy atom. The van der Waals surface area contributed by atoms with Crippen molar-refractivity contribution in [2.24, 2.45) is 0 Å². The van der Waals surface area contributed by atoms with Crippen LogP contribution < -0.4 is 0 Å². The zero-order valence-corrected chi connectivity index (χ0v) is 11.5. The molecular formula is C11H13N3O2S2. The second-order valence-electron chi connectivity index (χ2n) is 4.24. The minimum absolute atomic E-state index is 0.353. The van der Waals surface area contributed by atoms with E-state index in [1.807, 2.05) is 23.8 Å². The standard InChI is InChI=1S/C11H13N3O2S2/c1-9-2-3-11(17-9)18(15,16)14-7-6-13-5-4-12-10(13)8-14/h2-5H,6-8H2,1H3. The third kappa shape index (κ3) is 1.88. The second-order valence-corrected chi connectivity index (χ2v) is 7.69. The second kappa shape index (κ2) is 4.18. The van der Waals surface area contributed by atoms with E-state index in [1.165, 1.54) is 15.6 Å². The van der Waals surface area contributed by atoms with E-state index in [9.17, 15) is 8.42 Å². The van der Waals surface area contributed by atoms with Crippen LogP contribution in [0.3, 0.4) is 0 Å². The van der Waals surface area contributed by atoms with Gasteiger partial charge in [0.2, 0.25) is 0 Å². The molecule has 0 amide bonds. The van der Waals surface area contributed by atoms with Crippen molar-refractivity contribution in [1.82, 2.24) is 13.9 Å². The van der Waals surface area contributed by atoms with E-state index >= 15 is 0 Å². The Labute approximate surface area is 110 Å². The van der Waals surface area contributed by atoms with Gasteiger partial charge in [-0.25, -0.2) is 13.4 Å². The molecule has 1 aliphatic rings. The van der Waals surface area contributed by atoms with Crippen LogP contribution in [-0.4, -0.2) is 28.8 Å². The molecule has 0 fully saturated rings. The summed E-state index contributed by atoms with van der Waals surface area (Å²) in [5.41, 5.74) is 0. The summed E-state index contributed by atoms with van der Waals surface area (Å²) < 4.78 is 28.8. The number of aromatic nitrogens is 2. The van der Waals surface area contributed by atoms with Crippen molar-refractivity contribution in [2.75, 3.05) is 6.54 Å². The molecule has 0 saturated heterocycles. The molecule has 0 radical (unpaired) electrons. The first-order chi connectivity index (χ1) is 8.57. The highest BCUT2D eigenvalue weighted by Crippen LogP contribution is 2.26. The summed E-state index contributed by atoms with van der Waals surface area (Å²) in [5.74, 6) is 0.804. The summed E-state index contributed by atoms with van der Waals surface area (Å²) in [6.45, 7) is 3.43. The maximum absolute atomic E-state index is 12.4. The fourth-order valence-corrected chi connectivity index (χ4v) is 4.86. The van der Waals surface area contributed by atoms with Crippen molar-refractivity contribution >= 4 is 21.4 Å². The summed E-state index contributed by atoms with van der Waals surface area (Å²) in [5, 5.41) is 0. The lowest BCUT2D eigenvalue weighted by molar-refractivity contribution is 0.336. The highest BCUT2D eigenvalue weighted by molar-refractivity contribution is 7.91. The van der Waals surface area contributed by atoms with E-state index in [4.69, 9.17) is 0 Å². The Bertz CT molecular complexity index is 672. The molecule has 5 nitrogen and oxygen atoms in total. The summed E-state index contributed by atoms with van der Waals surface area (Å²) in [6.07, 6.45) is 3.59. The van der Waals surface area contributed by atoms with Gasteiger partial charge in [-0.2, -0.15) is 4.31 Å². The van der Waals surface area contributed by atoms with Crippen LogP contribution >= 0.6 is 11.3 Å². The summed E-state index contributed by atoms with van der Waals surface area (Å²) >= 11 is 1.31. The largest absolute Gasteiger partial charge is 0.333 e. The van der Waals surface area contributed by atoms with Gasteiger partial charge >= 0.3 is 0 Å². The number of thiophene rings is 1. The Hall–Kier alpha value is -1.18. The van der Waals surface area contributed by atoms with Gasteiger partial charge in [0.15, 0.2) is 0 Å². The van der Waals surface area contributed by atoms with Crippen molar-refractivity contribution in [3.8, 4) is 0 Å². The van der Waals surface area contributed by atoms with Crippen molar-refractivity contribution < 1.29 is 8.42 Å². The molecule has 0 bridgehead atoms. The van der Waals surface area contributed by atoms with Gasteiger partial charge in [0.25, 0.3) is 10.0 Å². The third-order valence-electron chi connectivity index (χ3n) is 3.02. The number of hydrogen-bond donors (Lipinski definition) is 0. The minimum atomic E-state index is -3.36. The Morgan fingerprint density at radius 1 is 1.33 bits per heavy atom. The van der Waals surface area contributed by atoms with E-state index in [0.29, 0.717) is 23.8 Å². The van der Waals surface area contributed by atoms with E-state index in [1.54, 1.807) is 12.3 Å². The highest BCUT2D eigenvalue weighted by Gasteiger charge is 2.29. The van der Waals surface area contributed by atoms with E-state index in [0.717, 1.165) is 10.7 Å². The van der Waals surface area contributed by atoms with Gasteiger partial charge in [0.1, 0.15) is 10.0 Å². The molecule has 3 heterocycles. The molecule has 3 rings (SSSR count). The predicted molar refractivity (Wildman–Crippen MR) is 68.9 cm³/mol. The van der Waals surface area contributed by atoms with Crippen molar-refractivity contribution in [3.63, 3.8) is 0 Å².